The van der Waals surface area contributed by atoms with Crippen LogP contribution in [0.15, 0.2) is 34.1 Å². The van der Waals surface area contributed by atoms with Gasteiger partial charge in [0.1, 0.15) is 11.4 Å². The lowest BCUT2D eigenvalue weighted by Crippen LogP contribution is -2.18. The van der Waals surface area contributed by atoms with E-state index in [1.165, 1.54) is 6.92 Å². The van der Waals surface area contributed by atoms with Crippen LogP contribution in [0.2, 0.25) is 0 Å². The molecule has 1 aliphatic rings. The van der Waals surface area contributed by atoms with Crippen molar-refractivity contribution >= 4 is 23.1 Å². The molecule has 0 bridgehead atoms. The minimum Gasteiger partial charge on any atom is -0.385 e. The fourth-order valence-corrected chi connectivity index (χ4v) is 2.40. The van der Waals surface area contributed by atoms with E-state index in [1.54, 1.807) is 24.3 Å². The van der Waals surface area contributed by atoms with Gasteiger partial charge >= 0.3 is 0 Å². The molecule has 0 radical (unpaired) electrons. The summed E-state index contributed by atoms with van der Waals surface area (Å²) >= 11 is 0. The predicted octanol–water partition coefficient (Wildman–Crippen LogP) is 1.97. The number of aromatic nitrogens is 2. The van der Waals surface area contributed by atoms with Crippen LogP contribution in [0.1, 0.15) is 41.5 Å². The monoisotopic (exact) mass is 328 g/mol. The molecule has 0 spiro atoms. The van der Waals surface area contributed by atoms with Crippen LogP contribution in [0, 0.1) is 0 Å². The highest BCUT2D eigenvalue weighted by Gasteiger charge is 2.21. The van der Waals surface area contributed by atoms with E-state index >= 15 is 0 Å². The molecule has 0 unspecified atom stereocenters. The average molecular weight is 328 g/mol. The third-order valence-corrected chi connectivity index (χ3v) is 3.58. The van der Waals surface area contributed by atoms with Gasteiger partial charge in [-0.25, -0.2) is 4.63 Å². The molecule has 1 amide bonds. The molecule has 2 aromatic rings. The van der Waals surface area contributed by atoms with E-state index in [9.17, 15) is 9.59 Å². The maximum absolute atomic E-state index is 11.9. The Morgan fingerprint density at radius 2 is 2.21 bits per heavy atom. The molecule has 8 nitrogen and oxygen atoms in total. The fourth-order valence-electron chi connectivity index (χ4n) is 2.40. The molecule has 1 heterocycles. The number of rotatable bonds is 5. The molecule has 3 rings (SSSR count). The van der Waals surface area contributed by atoms with E-state index in [4.69, 9.17) is 9.47 Å². The van der Waals surface area contributed by atoms with Crippen LogP contribution >= 0.6 is 0 Å². The Bertz CT molecular complexity index is 797. The number of fused-ring (bicyclic) bond motifs is 1. The van der Waals surface area contributed by atoms with E-state index in [1.807, 2.05) is 0 Å². The lowest BCUT2D eigenvalue weighted by atomic mass is 9.99. The first-order chi connectivity index (χ1) is 11.6. The highest BCUT2D eigenvalue weighted by molar-refractivity contribution is 6.00. The third-order valence-electron chi connectivity index (χ3n) is 3.58. The molecular formula is C16H16N4O4. The lowest BCUT2D eigenvalue weighted by molar-refractivity contribution is -0.120. The Morgan fingerprint density at radius 3 is 3.04 bits per heavy atom. The quantitative estimate of drug-likeness (QED) is 0.664. The molecule has 0 aliphatic heterocycles. The first-order valence-corrected chi connectivity index (χ1v) is 7.55. The number of Topliss-reactive ketones (excluding diaryl/α,β-unsaturated/α-hetero) is 1. The van der Waals surface area contributed by atoms with E-state index in [0.717, 1.165) is 18.5 Å². The Balaban J connectivity index is 1.56. The number of nitrogens with zero attached hydrogens (tertiary/aromatic N) is 3. The zero-order chi connectivity index (χ0) is 16.9. The molecule has 124 valence electrons. The Hall–Kier alpha value is -3.03. The van der Waals surface area contributed by atoms with E-state index in [-0.39, 0.29) is 18.3 Å². The Morgan fingerprint density at radius 1 is 1.33 bits per heavy atom. The van der Waals surface area contributed by atoms with Crippen molar-refractivity contribution in [2.45, 2.75) is 26.2 Å². The van der Waals surface area contributed by atoms with Crippen molar-refractivity contribution in [2.24, 2.45) is 5.16 Å². The Kier molecular flexibility index (Phi) is 4.64. The van der Waals surface area contributed by atoms with Gasteiger partial charge in [0.15, 0.2) is 18.1 Å². The number of oxime groups is 1. The summed E-state index contributed by atoms with van der Waals surface area (Å²) in [4.78, 5) is 28.3. The van der Waals surface area contributed by atoms with E-state index < -0.39 is 0 Å². The maximum atomic E-state index is 11.9. The SMILES string of the molecule is CC(=O)c1cccc(NC(=O)CO/N=C2\CCCc3nonc32)c1. The molecule has 8 heteroatoms. The molecule has 1 aromatic carbocycles. The fraction of sp³-hybridized carbons (Fsp3) is 0.312. The minimum atomic E-state index is -0.366. The van der Waals surface area contributed by atoms with Gasteiger partial charge in [0.2, 0.25) is 0 Å². The van der Waals surface area contributed by atoms with Crippen LogP contribution in [0.3, 0.4) is 0 Å². The van der Waals surface area contributed by atoms with Crippen LogP contribution in [0.4, 0.5) is 5.69 Å². The van der Waals surface area contributed by atoms with Crippen molar-refractivity contribution in [3.8, 4) is 0 Å². The summed E-state index contributed by atoms with van der Waals surface area (Å²) in [5.74, 6) is -0.433. The second-order valence-electron chi connectivity index (χ2n) is 5.41. The number of aryl methyl sites for hydroxylation is 1. The third kappa shape index (κ3) is 3.65. The largest absolute Gasteiger partial charge is 0.385 e. The van der Waals surface area contributed by atoms with Gasteiger partial charge in [-0.05, 0) is 43.5 Å². The highest BCUT2D eigenvalue weighted by atomic mass is 16.6. The number of amides is 1. The summed E-state index contributed by atoms with van der Waals surface area (Å²) in [7, 11) is 0. The van der Waals surface area contributed by atoms with Crippen molar-refractivity contribution in [2.75, 3.05) is 11.9 Å². The highest BCUT2D eigenvalue weighted by Crippen LogP contribution is 2.18. The molecule has 0 saturated carbocycles. The number of ketones is 1. The van der Waals surface area contributed by atoms with Gasteiger partial charge in [0.05, 0.1) is 0 Å². The summed E-state index contributed by atoms with van der Waals surface area (Å²) < 4.78 is 4.69. The normalized spacial score (nSPS) is 15.0. The molecule has 1 N–H and O–H groups in total. The van der Waals surface area contributed by atoms with Crippen LogP contribution in [-0.2, 0) is 16.1 Å². The summed E-state index contributed by atoms with van der Waals surface area (Å²) in [5.41, 5.74) is 3.04. The summed E-state index contributed by atoms with van der Waals surface area (Å²) in [6, 6.07) is 6.70. The number of nitrogens with one attached hydrogen (secondary N) is 1. The first kappa shape index (κ1) is 15.9. The summed E-state index contributed by atoms with van der Waals surface area (Å²) in [5, 5.41) is 14.2. The minimum absolute atomic E-state index is 0.0666. The molecule has 0 saturated heterocycles. The van der Waals surface area contributed by atoms with Gasteiger partial charge in [-0.2, -0.15) is 0 Å². The second kappa shape index (κ2) is 7.03. The number of benzene rings is 1. The van der Waals surface area contributed by atoms with E-state index in [2.05, 4.69) is 20.8 Å². The summed E-state index contributed by atoms with van der Waals surface area (Å²) in [6.07, 6.45) is 2.38. The second-order valence-corrected chi connectivity index (χ2v) is 5.41. The topological polar surface area (TPSA) is 107 Å². The number of carbonyl (C=O) groups excluding carboxylic acids is 2. The van der Waals surface area contributed by atoms with Crippen molar-refractivity contribution < 1.29 is 19.1 Å². The number of carbonyl (C=O) groups is 2. The predicted molar refractivity (Wildman–Crippen MR) is 84.8 cm³/mol. The number of anilines is 1. The molecule has 0 fully saturated rings. The van der Waals surface area contributed by atoms with Gasteiger partial charge in [-0.3, -0.25) is 9.59 Å². The zero-order valence-electron chi connectivity index (χ0n) is 13.1. The molecule has 0 atom stereocenters. The first-order valence-electron chi connectivity index (χ1n) is 7.55. The van der Waals surface area contributed by atoms with Gasteiger partial charge in [-0.1, -0.05) is 22.4 Å². The number of hydrogen-bond acceptors (Lipinski definition) is 7. The zero-order valence-corrected chi connectivity index (χ0v) is 13.1. The van der Waals surface area contributed by atoms with Crippen molar-refractivity contribution in [1.29, 1.82) is 0 Å². The lowest BCUT2D eigenvalue weighted by Gasteiger charge is -2.09. The maximum Gasteiger partial charge on any atom is 0.265 e. The molecule has 1 aromatic heterocycles. The van der Waals surface area contributed by atoms with Crippen LogP contribution in [-0.4, -0.2) is 34.3 Å². The number of hydrogen-bond donors (Lipinski definition) is 1. The van der Waals surface area contributed by atoms with Crippen molar-refractivity contribution in [1.82, 2.24) is 10.3 Å². The Labute approximate surface area is 137 Å². The van der Waals surface area contributed by atoms with Gasteiger partial charge in [0, 0.05) is 11.3 Å². The van der Waals surface area contributed by atoms with Crippen molar-refractivity contribution in [3.63, 3.8) is 0 Å². The van der Waals surface area contributed by atoms with Gasteiger partial charge < -0.3 is 10.2 Å². The average Bonchev–Trinajstić information content (AvgIpc) is 3.04. The molecule has 1 aliphatic carbocycles. The standard InChI is InChI=1S/C16H16N4O4/c1-10(21)11-4-2-5-12(8-11)17-15(22)9-23-18-13-6-3-7-14-16(13)20-24-19-14/h2,4-5,8H,3,6-7,9H2,1H3,(H,17,22)/b18-13+. The van der Waals surface area contributed by atoms with Gasteiger partial charge in [0.25, 0.3) is 5.91 Å². The van der Waals surface area contributed by atoms with Crippen LogP contribution < -0.4 is 5.32 Å². The summed E-state index contributed by atoms with van der Waals surface area (Å²) in [6.45, 7) is 1.23. The smallest absolute Gasteiger partial charge is 0.265 e. The van der Waals surface area contributed by atoms with Crippen molar-refractivity contribution in [3.05, 3.63) is 41.2 Å². The van der Waals surface area contributed by atoms with Crippen LogP contribution in [0.25, 0.3) is 0 Å². The van der Waals surface area contributed by atoms with Crippen LogP contribution in [0.5, 0.6) is 0 Å². The van der Waals surface area contributed by atoms with E-state index in [0.29, 0.717) is 29.1 Å². The molecular weight excluding hydrogens is 312 g/mol. The van der Waals surface area contributed by atoms with Gasteiger partial charge in [-0.15, -0.1) is 0 Å². The molecule has 24 heavy (non-hydrogen) atoms.